The second-order valence-corrected chi connectivity index (χ2v) is 5.86. The lowest BCUT2D eigenvalue weighted by Crippen LogP contribution is -2.54. The number of piperidine rings is 1. The Kier molecular flexibility index (Phi) is 5.48. The molecule has 5 heteroatoms. The zero-order valence-corrected chi connectivity index (χ0v) is 13.3. The molecule has 0 atom stereocenters. The van der Waals surface area contributed by atoms with E-state index in [-0.39, 0.29) is 18.3 Å². The van der Waals surface area contributed by atoms with Crippen molar-refractivity contribution in [3.63, 3.8) is 0 Å². The maximum absolute atomic E-state index is 12.2. The molecular formula is C16H24ClN3O. The summed E-state index contributed by atoms with van der Waals surface area (Å²) in [5.74, 6) is 0.586. The summed E-state index contributed by atoms with van der Waals surface area (Å²) in [6.45, 7) is 3.53. The normalized spacial score (nSPS) is 19.6. The molecule has 116 valence electrons. The molecule has 2 aliphatic rings. The molecule has 1 amide bonds. The van der Waals surface area contributed by atoms with Gasteiger partial charge in [-0.25, -0.2) is 0 Å². The molecule has 2 saturated heterocycles. The van der Waals surface area contributed by atoms with Crippen molar-refractivity contribution in [2.45, 2.75) is 18.9 Å². The highest BCUT2D eigenvalue weighted by Crippen LogP contribution is 2.23. The molecule has 0 aliphatic carbocycles. The molecule has 2 heterocycles. The molecule has 2 aliphatic heterocycles. The Hall–Kier alpha value is -1.26. The van der Waals surface area contributed by atoms with Gasteiger partial charge < -0.3 is 15.1 Å². The first-order valence-electron chi connectivity index (χ1n) is 7.53. The zero-order valence-electron chi connectivity index (χ0n) is 12.5. The number of hydrogen-bond donors (Lipinski definition) is 1. The molecule has 21 heavy (non-hydrogen) atoms. The van der Waals surface area contributed by atoms with E-state index < -0.39 is 0 Å². The summed E-state index contributed by atoms with van der Waals surface area (Å²) in [4.78, 5) is 16.6. The van der Waals surface area contributed by atoms with Crippen molar-refractivity contribution in [2.24, 2.45) is 5.92 Å². The summed E-state index contributed by atoms with van der Waals surface area (Å²) >= 11 is 0. The van der Waals surface area contributed by atoms with Crippen molar-refractivity contribution in [3.8, 4) is 0 Å². The third-order valence-electron chi connectivity index (χ3n) is 4.62. The molecule has 2 fully saturated rings. The molecule has 1 aromatic carbocycles. The third kappa shape index (κ3) is 3.50. The number of para-hydroxylation sites is 1. The van der Waals surface area contributed by atoms with E-state index in [2.05, 4.69) is 46.4 Å². The maximum atomic E-state index is 12.2. The molecule has 1 aromatic rings. The van der Waals surface area contributed by atoms with Crippen molar-refractivity contribution in [1.82, 2.24) is 10.2 Å². The molecule has 0 saturated carbocycles. The Labute approximate surface area is 132 Å². The van der Waals surface area contributed by atoms with Crippen LogP contribution in [0.15, 0.2) is 30.3 Å². The number of nitrogens with one attached hydrogen (secondary N) is 1. The summed E-state index contributed by atoms with van der Waals surface area (Å²) in [6, 6.07) is 11.0. The van der Waals surface area contributed by atoms with Crippen molar-refractivity contribution in [2.75, 3.05) is 38.1 Å². The second kappa shape index (κ2) is 7.14. The van der Waals surface area contributed by atoms with E-state index in [4.69, 9.17) is 0 Å². The number of nitrogens with zero attached hydrogens (tertiary/aromatic N) is 2. The lowest BCUT2D eigenvalue weighted by molar-refractivity contribution is -0.138. The first kappa shape index (κ1) is 16.1. The number of amides is 1. The van der Waals surface area contributed by atoms with Gasteiger partial charge in [0.15, 0.2) is 0 Å². The number of carbonyl (C=O) groups is 1. The van der Waals surface area contributed by atoms with Crippen LogP contribution >= 0.6 is 12.4 Å². The Morgan fingerprint density at radius 2 is 1.81 bits per heavy atom. The summed E-state index contributed by atoms with van der Waals surface area (Å²) in [5, 5.41) is 3.17. The van der Waals surface area contributed by atoms with Gasteiger partial charge in [-0.3, -0.25) is 4.79 Å². The molecule has 0 bridgehead atoms. The fraction of sp³-hybridized carbons (Fsp3) is 0.562. The minimum absolute atomic E-state index is 0. The topological polar surface area (TPSA) is 35.6 Å². The lowest BCUT2D eigenvalue weighted by atomic mass is 9.98. The van der Waals surface area contributed by atoms with Gasteiger partial charge in [0.2, 0.25) is 5.91 Å². The van der Waals surface area contributed by atoms with Crippen LogP contribution in [0.5, 0.6) is 0 Å². The SMILES string of the molecule is CN(c1ccccc1)C1CCN(C(=O)C2CNC2)CC1.Cl. The number of benzene rings is 1. The highest BCUT2D eigenvalue weighted by Gasteiger charge is 2.32. The van der Waals surface area contributed by atoms with E-state index in [9.17, 15) is 4.79 Å². The lowest BCUT2D eigenvalue weighted by Gasteiger charge is -2.40. The number of hydrogen-bond acceptors (Lipinski definition) is 3. The van der Waals surface area contributed by atoms with Crippen molar-refractivity contribution in [3.05, 3.63) is 30.3 Å². The molecule has 4 nitrogen and oxygen atoms in total. The van der Waals surface area contributed by atoms with E-state index in [1.807, 2.05) is 6.07 Å². The van der Waals surface area contributed by atoms with Crippen LogP contribution < -0.4 is 10.2 Å². The van der Waals surface area contributed by atoms with E-state index in [1.165, 1.54) is 5.69 Å². The second-order valence-electron chi connectivity index (χ2n) is 5.86. The predicted molar refractivity (Wildman–Crippen MR) is 88.1 cm³/mol. The van der Waals surface area contributed by atoms with Crippen molar-refractivity contribution < 1.29 is 4.79 Å². The monoisotopic (exact) mass is 309 g/mol. The molecule has 0 radical (unpaired) electrons. The summed E-state index contributed by atoms with van der Waals surface area (Å²) < 4.78 is 0. The van der Waals surface area contributed by atoms with Gasteiger partial charge in [-0.05, 0) is 25.0 Å². The third-order valence-corrected chi connectivity index (χ3v) is 4.62. The summed E-state index contributed by atoms with van der Waals surface area (Å²) in [7, 11) is 2.16. The van der Waals surface area contributed by atoms with Gasteiger partial charge in [-0.15, -0.1) is 12.4 Å². The zero-order chi connectivity index (χ0) is 13.9. The van der Waals surface area contributed by atoms with Gasteiger partial charge in [-0.1, -0.05) is 18.2 Å². The highest BCUT2D eigenvalue weighted by molar-refractivity contribution is 5.85. The Morgan fingerprint density at radius 3 is 2.33 bits per heavy atom. The van der Waals surface area contributed by atoms with Gasteiger partial charge in [0, 0.05) is 45.0 Å². The summed E-state index contributed by atoms with van der Waals surface area (Å²) in [6.07, 6.45) is 2.13. The minimum Gasteiger partial charge on any atom is -0.371 e. The minimum atomic E-state index is 0. The van der Waals surface area contributed by atoms with Crippen LogP contribution in [0.4, 0.5) is 5.69 Å². The number of anilines is 1. The average Bonchev–Trinajstić information content (AvgIpc) is 2.46. The van der Waals surface area contributed by atoms with E-state index in [1.54, 1.807) is 0 Å². The van der Waals surface area contributed by atoms with Crippen LogP contribution in [0.2, 0.25) is 0 Å². The molecular weight excluding hydrogens is 286 g/mol. The van der Waals surface area contributed by atoms with Gasteiger partial charge in [0.1, 0.15) is 0 Å². The van der Waals surface area contributed by atoms with Crippen LogP contribution in [0.1, 0.15) is 12.8 Å². The smallest absolute Gasteiger partial charge is 0.228 e. The van der Waals surface area contributed by atoms with Crippen molar-refractivity contribution >= 4 is 24.0 Å². The number of rotatable bonds is 3. The molecule has 0 unspecified atom stereocenters. The molecule has 0 spiro atoms. The standard InChI is InChI=1S/C16H23N3O.ClH/c1-18(14-5-3-2-4-6-14)15-7-9-19(10-8-15)16(20)13-11-17-12-13;/h2-6,13,15,17H,7-12H2,1H3;1H. The van der Waals surface area contributed by atoms with Crippen LogP contribution in [-0.2, 0) is 4.79 Å². The van der Waals surface area contributed by atoms with Crippen LogP contribution in [0.3, 0.4) is 0 Å². The fourth-order valence-corrected chi connectivity index (χ4v) is 3.07. The van der Waals surface area contributed by atoms with Gasteiger partial charge in [0.25, 0.3) is 0 Å². The van der Waals surface area contributed by atoms with Gasteiger partial charge in [0.05, 0.1) is 5.92 Å². The predicted octanol–water partition coefficient (Wildman–Crippen LogP) is 1.75. The fourth-order valence-electron chi connectivity index (χ4n) is 3.07. The molecule has 1 N–H and O–H groups in total. The van der Waals surface area contributed by atoms with Crippen LogP contribution in [0, 0.1) is 5.92 Å². The number of halogens is 1. The Morgan fingerprint density at radius 1 is 1.19 bits per heavy atom. The molecule has 3 rings (SSSR count). The number of likely N-dealkylation sites (tertiary alicyclic amines) is 1. The maximum Gasteiger partial charge on any atom is 0.228 e. The van der Waals surface area contributed by atoms with Gasteiger partial charge >= 0.3 is 0 Å². The van der Waals surface area contributed by atoms with Crippen molar-refractivity contribution in [1.29, 1.82) is 0 Å². The molecule has 0 aromatic heterocycles. The quantitative estimate of drug-likeness (QED) is 0.924. The van der Waals surface area contributed by atoms with Crippen LogP contribution in [-0.4, -0.2) is 50.1 Å². The Balaban J connectivity index is 0.00000161. The van der Waals surface area contributed by atoms with Gasteiger partial charge in [-0.2, -0.15) is 0 Å². The average molecular weight is 310 g/mol. The van der Waals surface area contributed by atoms with E-state index in [0.29, 0.717) is 11.9 Å². The van der Waals surface area contributed by atoms with E-state index >= 15 is 0 Å². The highest BCUT2D eigenvalue weighted by atomic mass is 35.5. The summed E-state index contributed by atoms with van der Waals surface area (Å²) in [5.41, 5.74) is 1.26. The Bertz CT molecular complexity index is 456. The number of carbonyl (C=O) groups excluding carboxylic acids is 1. The van der Waals surface area contributed by atoms with Crippen LogP contribution in [0.25, 0.3) is 0 Å². The largest absolute Gasteiger partial charge is 0.371 e. The first-order chi connectivity index (χ1) is 9.75. The van der Waals surface area contributed by atoms with E-state index in [0.717, 1.165) is 39.0 Å². The first-order valence-corrected chi connectivity index (χ1v) is 7.53.